The monoisotopic (exact) mass is 391 g/mol. The van der Waals surface area contributed by atoms with E-state index in [0.717, 1.165) is 41.9 Å². The first-order valence-corrected chi connectivity index (χ1v) is 9.03. The number of hydrogen-bond donors (Lipinski definition) is 4. The predicted octanol–water partition coefficient (Wildman–Crippen LogP) is 2.39. The van der Waals surface area contributed by atoms with Crippen LogP contribution in [0.3, 0.4) is 0 Å². The molecule has 0 radical (unpaired) electrons. The van der Waals surface area contributed by atoms with E-state index in [-0.39, 0.29) is 30.1 Å². The van der Waals surface area contributed by atoms with Gasteiger partial charge in [0.2, 0.25) is 5.91 Å². The van der Waals surface area contributed by atoms with Crippen LogP contribution >= 0.6 is 12.4 Å². The lowest BCUT2D eigenvalue weighted by atomic mass is 10.1. The number of nitrogens with zero attached hydrogens (tertiary/aromatic N) is 1. The smallest absolute Gasteiger partial charge is 0.272 e. The van der Waals surface area contributed by atoms with Gasteiger partial charge in [0.1, 0.15) is 0 Å². The summed E-state index contributed by atoms with van der Waals surface area (Å²) in [7, 11) is 0. The van der Waals surface area contributed by atoms with Gasteiger partial charge >= 0.3 is 0 Å². The maximum atomic E-state index is 12.5. The molecule has 0 saturated heterocycles. The molecule has 7 nitrogen and oxygen atoms in total. The summed E-state index contributed by atoms with van der Waals surface area (Å²) in [6.45, 7) is 5.82. The molecule has 146 valence electrons. The van der Waals surface area contributed by atoms with E-state index >= 15 is 0 Å². The Morgan fingerprint density at radius 3 is 2.93 bits per heavy atom. The number of anilines is 1. The molecular weight excluding hydrogens is 366 g/mol. The van der Waals surface area contributed by atoms with Gasteiger partial charge < -0.3 is 16.0 Å². The van der Waals surface area contributed by atoms with Gasteiger partial charge in [0, 0.05) is 48.9 Å². The van der Waals surface area contributed by atoms with Gasteiger partial charge in [-0.3, -0.25) is 14.7 Å². The number of halogens is 1. The Labute approximate surface area is 165 Å². The molecule has 8 heteroatoms. The third-order valence-electron chi connectivity index (χ3n) is 4.73. The van der Waals surface area contributed by atoms with Crippen LogP contribution in [0.4, 0.5) is 5.69 Å². The van der Waals surface area contributed by atoms with E-state index in [9.17, 15) is 9.59 Å². The largest absolute Gasteiger partial charge is 0.347 e. The van der Waals surface area contributed by atoms with Gasteiger partial charge in [-0.1, -0.05) is 26.0 Å². The van der Waals surface area contributed by atoms with E-state index in [1.54, 1.807) is 0 Å². The minimum Gasteiger partial charge on any atom is -0.347 e. The Kier molecular flexibility index (Phi) is 7.38. The number of nitrogens with one attached hydrogen (secondary N) is 4. The summed E-state index contributed by atoms with van der Waals surface area (Å²) < 4.78 is 0. The van der Waals surface area contributed by atoms with Crippen molar-refractivity contribution in [1.82, 2.24) is 20.8 Å². The fraction of sp³-hybridized carbons (Fsp3) is 0.421. The summed E-state index contributed by atoms with van der Waals surface area (Å²) in [4.78, 5) is 24.5. The number of aromatic nitrogens is 2. The number of benzene rings is 1. The highest BCUT2D eigenvalue weighted by molar-refractivity contribution is 5.94. The van der Waals surface area contributed by atoms with Gasteiger partial charge in [0.15, 0.2) is 5.69 Å². The van der Waals surface area contributed by atoms with E-state index < -0.39 is 0 Å². The van der Waals surface area contributed by atoms with Crippen LogP contribution in [0.1, 0.15) is 47.6 Å². The Morgan fingerprint density at radius 1 is 1.33 bits per heavy atom. The fourth-order valence-corrected chi connectivity index (χ4v) is 2.89. The van der Waals surface area contributed by atoms with Crippen molar-refractivity contribution >= 4 is 29.9 Å². The van der Waals surface area contributed by atoms with Gasteiger partial charge in [0.25, 0.3) is 5.91 Å². The van der Waals surface area contributed by atoms with Gasteiger partial charge in [-0.15, -0.1) is 12.4 Å². The number of fused-ring (bicyclic) bond motifs is 1. The lowest BCUT2D eigenvalue weighted by Gasteiger charge is -2.13. The minimum atomic E-state index is -0.194. The van der Waals surface area contributed by atoms with Crippen molar-refractivity contribution in [2.45, 2.75) is 39.8 Å². The van der Waals surface area contributed by atoms with Crippen LogP contribution in [0, 0.1) is 5.92 Å². The van der Waals surface area contributed by atoms with E-state index in [2.05, 4.69) is 26.1 Å². The van der Waals surface area contributed by atoms with Crippen LogP contribution in [0.2, 0.25) is 0 Å². The molecule has 1 aromatic heterocycles. The van der Waals surface area contributed by atoms with Gasteiger partial charge in [-0.2, -0.15) is 5.10 Å². The van der Waals surface area contributed by atoms with Crippen molar-refractivity contribution in [3.63, 3.8) is 0 Å². The molecule has 2 aromatic rings. The maximum absolute atomic E-state index is 12.5. The number of carbonyl (C=O) groups is 2. The third kappa shape index (κ3) is 5.08. The predicted molar refractivity (Wildman–Crippen MR) is 107 cm³/mol. The first-order valence-electron chi connectivity index (χ1n) is 9.03. The zero-order chi connectivity index (χ0) is 18.5. The Hall–Kier alpha value is -2.38. The highest BCUT2D eigenvalue weighted by atomic mass is 35.5. The van der Waals surface area contributed by atoms with Crippen LogP contribution in [-0.2, 0) is 24.3 Å². The lowest BCUT2D eigenvalue weighted by Crippen LogP contribution is -2.28. The molecule has 0 spiro atoms. The molecule has 2 amide bonds. The SMILES string of the molecule is CCC(C)C(=O)Nc1cccc(CNC(=O)c2n[nH]c3c2CNCC3)c1.Cl. The summed E-state index contributed by atoms with van der Waals surface area (Å²) >= 11 is 0. The van der Waals surface area contributed by atoms with Crippen molar-refractivity contribution in [2.75, 3.05) is 11.9 Å². The van der Waals surface area contributed by atoms with Crippen molar-refractivity contribution in [3.8, 4) is 0 Å². The number of rotatable bonds is 6. The number of aromatic amines is 1. The molecule has 1 aliphatic rings. The Bertz CT molecular complexity index is 805. The molecule has 1 unspecified atom stereocenters. The molecule has 0 saturated carbocycles. The molecular formula is C19H26ClN5O2. The van der Waals surface area contributed by atoms with E-state index in [1.807, 2.05) is 38.1 Å². The Morgan fingerprint density at radius 2 is 2.15 bits per heavy atom. The number of carbonyl (C=O) groups excluding carboxylic acids is 2. The van der Waals surface area contributed by atoms with Crippen molar-refractivity contribution < 1.29 is 9.59 Å². The van der Waals surface area contributed by atoms with Gasteiger partial charge in [-0.05, 0) is 24.1 Å². The molecule has 0 bridgehead atoms. The van der Waals surface area contributed by atoms with Gasteiger partial charge in [-0.25, -0.2) is 0 Å². The lowest BCUT2D eigenvalue weighted by molar-refractivity contribution is -0.119. The van der Waals surface area contributed by atoms with Crippen molar-refractivity contribution in [3.05, 3.63) is 46.8 Å². The minimum absolute atomic E-state index is 0. The van der Waals surface area contributed by atoms with Crippen LogP contribution in [0.15, 0.2) is 24.3 Å². The fourth-order valence-electron chi connectivity index (χ4n) is 2.89. The van der Waals surface area contributed by atoms with Crippen LogP contribution < -0.4 is 16.0 Å². The molecule has 0 fully saturated rings. The average Bonchev–Trinajstić information content (AvgIpc) is 3.10. The summed E-state index contributed by atoms with van der Waals surface area (Å²) in [5, 5.41) is 16.2. The quantitative estimate of drug-likeness (QED) is 0.607. The molecule has 4 N–H and O–H groups in total. The van der Waals surface area contributed by atoms with Crippen LogP contribution in [0.25, 0.3) is 0 Å². The first-order chi connectivity index (χ1) is 12.6. The van der Waals surface area contributed by atoms with E-state index in [4.69, 9.17) is 0 Å². The number of H-pyrrole nitrogens is 1. The van der Waals surface area contributed by atoms with Crippen molar-refractivity contribution in [1.29, 1.82) is 0 Å². The second-order valence-corrected chi connectivity index (χ2v) is 6.64. The topological polar surface area (TPSA) is 98.9 Å². The molecule has 0 aliphatic carbocycles. The zero-order valence-corrected chi connectivity index (χ0v) is 16.4. The van der Waals surface area contributed by atoms with E-state index in [1.165, 1.54) is 0 Å². The van der Waals surface area contributed by atoms with Gasteiger partial charge in [0.05, 0.1) is 0 Å². The second kappa shape index (κ2) is 9.53. The second-order valence-electron chi connectivity index (χ2n) is 6.64. The molecule has 27 heavy (non-hydrogen) atoms. The molecule has 1 atom stereocenters. The third-order valence-corrected chi connectivity index (χ3v) is 4.73. The standard InChI is InChI=1S/C19H25N5O2.ClH/c1-3-12(2)18(25)22-14-6-4-5-13(9-14)10-21-19(26)17-15-11-20-8-7-16(15)23-24-17;/h4-6,9,12,20H,3,7-8,10-11H2,1-2H3,(H,21,26)(H,22,25)(H,23,24);1H. The summed E-state index contributed by atoms with van der Waals surface area (Å²) in [6.07, 6.45) is 1.65. The molecule has 3 rings (SSSR count). The van der Waals surface area contributed by atoms with Crippen LogP contribution in [-0.4, -0.2) is 28.6 Å². The molecule has 1 aromatic carbocycles. The summed E-state index contributed by atoms with van der Waals surface area (Å²) in [6, 6.07) is 7.51. The molecule has 2 heterocycles. The average molecular weight is 392 g/mol. The number of hydrogen-bond acceptors (Lipinski definition) is 4. The zero-order valence-electron chi connectivity index (χ0n) is 15.6. The highest BCUT2D eigenvalue weighted by Gasteiger charge is 2.21. The normalized spacial score (nSPS) is 13.9. The summed E-state index contributed by atoms with van der Waals surface area (Å²) in [5.74, 6) is -0.220. The highest BCUT2D eigenvalue weighted by Crippen LogP contribution is 2.16. The first kappa shape index (κ1) is 20.9. The van der Waals surface area contributed by atoms with E-state index in [0.29, 0.717) is 18.8 Å². The molecule has 1 aliphatic heterocycles. The number of amides is 2. The summed E-state index contributed by atoms with van der Waals surface area (Å²) in [5.41, 5.74) is 4.09. The Balaban J connectivity index is 0.00000261. The van der Waals surface area contributed by atoms with Crippen LogP contribution in [0.5, 0.6) is 0 Å². The maximum Gasteiger partial charge on any atom is 0.272 e. The van der Waals surface area contributed by atoms with Crippen molar-refractivity contribution in [2.24, 2.45) is 5.92 Å².